The van der Waals surface area contributed by atoms with Gasteiger partial charge in [0.15, 0.2) is 0 Å². The lowest BCUT2D eigenvalue weighted by Gasteiger charge is -2.23. The molecule has 0 saturated carbocycles. The fourth-order valence-corrected chi connectivity index (χ4v) is 2.18. The van der Waals surface area contributed by atoms with Crippen LogP contribution < -0.4 is 5.73 Å². The largest absolute Gasteiger partial charge is 0.347 e. The van der Waals surface area contributed by atoms with E-state index < -0.39 is 0 Å². The Morgan fingerprint density at radius 3 is 2.55 bits per heavy atom. The van der Waals surface area contributed by atoms with Gasteiger partial charge in [-0.05, 0) is 30.7 Å². The molecule has 2 N–H and O–H groups in total. The molecule has 0 aliphatic rings. The molecular formula is C16H21N3O. The second-order valence-electron chi connectivity index (χ2n) is 4.86. The zero-order chi connectivity index (χ0) is 14.4. The first-order valence-electron chi connectivity index (χ1n) is 6.87. The van der Waals surface area contributed by atoms with Crippen LogP contribution in [0.4, 0.5) is 0 Å². The van der Waals surface area contributed by atoms with Crippen LogP contribution in [0, 0.1) is 0 Å². The normalized spacial score (nSPS) is 10.5. The number of benzene rings is 1. The Labute approximate surface area is 119 Å². The molecular weight excluding hydrogens is 250 g/mol. The van der Waals surface area contributed by atoms with Crippen LogP contribution in [0.2, 0.25) is 0 Å². The van der Waals surface area contributed by atoms with Gasteiger partial charge in [-0.15, -0.1) is 0 Å². The SMILES string of the molecule is Cn1cccc1C(=O)N(CCCN)Cc1ccccc1. The molecule has 2 aromatic rings. The first-order valence-corrected chi connectivity index (χ1v) is 6.87. The van der Waals surface area contributed by atoms with Crippen molar-refractivity contribution < 1.29 is 4.79 Å². The molecule has 1 aromatic heterocycles. The molecule has 1 heterocycles. The molecule has 2 rings (SSSR count). The Hall–Kier alpha value is -2.07. The van der Waals surface area contributed by atoms with Crippen molar-refractivity contribution >= 4 is 5.91 Å². The number of hydrogen-bond acceptors (Lipinski definition) is 2. The summed E-state index contributed by atoms with van der Waals surface area (Å²) in [5.41, 5.74) is 7.41. The van der Waals surface area contributed by atoms with Crippen molar-refractivity contribution in [1.29, 1.82) is 0 Å². The fraction of sp³-hybridized carbons (Fsp3) is 0.312. The molecule has 1 amide bonds. The molecule has 0 saturated heterocycles. The number of nitrogens with two attached hydrogens (primary N) is 1. The van der Waals surface area contributed by atoms with Crippen molar-refractivity contribution in [3.8, 4) is 0 Å². The number of aromatic nitrogens is 1. The summed E-state index contributed by atoms with van der Waals surface area (Å²) in [6.45, 7) is 1.88. The van der Waals surface area contributed by atoms with E-state index in [2.05, 4.69) is 0 Å². The summed E-state index contributed by atoms with van der Waals surface area (Å²) in [4.78, 5) is 14.5. The Morgan fingerprint density at radius 2 is 1.95 bits per heavy atom. The van der Waals surface area contributed by atoms with Crippen molar-refractivity contribution in [3.05, 3.63) is 59.9 Å². The first kappa shape index (κ1) is 14.3. The third kappa shape index (κ3) is 3.48. The summed E-state index contributed by atoms with van der Waals surface area (Å²) in [6, 6.07) is 13.8. The van der Waals surface area contributed by atoms with Crippen LogP contribution in [0.1, 0.15) is 22.5 Å². The van der Waals surface area contributed by atoms with Crippen LogP contribution in [0.3, 0.4) is 0 Å². The van der Waals surface area contributed by atoms with Crippen LogP contribution in [-0.4, -0.2) is 28.5 Å². The highest BCUT2D eigenvalue weighted by atomic mass is 16.2. The van der Waals surface area contributed by atoms with Crippen molar-refractivity contribution in [3.63, 3.8) is 0 Å². The van der Waals surface area contributed by atoms with E-state index >= 15 is 0 Å². The molecule has 106 valence electrons. The molecule has 0 radical (unpaired) electrons. The number of carbonyl (C=O) groups excluding carboxylic acids is 1. The van der Waals surface area contributed by atoms with Crippen molar-refractivity contribution in [2.75, 3.05) is 13.1 Å². The van der Waals surface area contributed by atoms with Gasteiger partial charge in [0, 0.05) is 26.3 Å². The summed E-state index contributed by atoms with van der Waals surface area (Å²) in [6.07, 6.45) is 2.69. The number of rotatable bonds is 6. The number of nitrogens with zero attached hydrogens (tertiary/aromatic N) is 2. The lowest BCUT2D eigenvalue weighted by Crippen LogP contribution is -2.33. The van der Waals surface area contributed by atoms with Crippen molar-refractivity contribution in [2.45, 2.75) is 13.0 Å². The Kier molecular flexibility index (Phi) is 4.96. The van der Waals surface area contributed by atoms with Gasteiger partial charge in [0.05, 0.1) is 0 Å². The van der Waals surface area contributed by atoms with Gasteiger partial charge in [0.2, 0.25) is 0 Å². The van der Waals surface area contributed by atoms with E-state index in [0.717, 1.165) is 12.0 Å². The minimum absolute atomic E-state index is 0.0507. The quantitative estimate of drug-likeness (QED) is 0.874. The van der Waals surface area contributed by atoms with Gasteiger partial charge in [-0.2, -0.15) is 0 Å². The van der Waals surface area contributed by atoms with E-state index in [0.29, 0.717) is 25.3 Å². The molecule has 0 spiro atoms. The third-order valence-corrected chi connectivity index (χ3v) is 3.30. The van der Waals surface area contributed by atoms with Crippen LogP contribution in [0.25, 0.3) is 0 Å². The molecule has 0 unspecified atom stereocenters. The van der Waals surface area contributed by atoms with Gasteiger partial charge in [-0.3, -0.25) is 4.79 Å². The van der Waals surface area contributed by atoms with E-state index in [1.807, 2.05) is 65.2 Å². The number of carbonyl (C=O) groups is 1. The standard InChI is InChI=1S/C16H21N3O/c1-18-11-5-9-15(18)16(20)19(12-6-10-17)13-14-7-3-2-4-8-14/h2-5,7-9,11H,6,10,12-13,17H2,1H3. The molecule has 0 atom stereocenters. The topological polar surface area (TPSA) is 51.3 Å². The average Bonchev–Trinajstić information content (AvgIpc) is 2.90. The molecule has 4 nitrogen and oxygen atoms in total. The number of hydrogen-bond donors (Lipinski definition) is 1. The highest BCUT2D eigenvalue weighted by Crippen LogP contribution is 2.11. The van der Waals surface area contributed by atoms with Crippen LogP contribution in [0.15, 0.2) is 48.7 Å². The van der Waals surface area contributed by atoms with Crippen LogP contribution in [0.5, 0.6) is 0 Å². The minimum atomic E-state index is 0.0507. The molecule has 0 aliphatic carbocycles. The predicted molar refractivity (Wildman–Crippen MR) is 80.3 cm³/mol. The molecule has 20 heavy (non-hydrogen) atoms. The van der Waals surface area contributed by atoms with Gasteiger partial charge in [-0.1, -0.05) is 30.3 Å². The number of amides is 1. The summed E-state index contributed by atoms with van der Waals surface area (Å²) in [7, 11) is 1.89. The summed E-state index contributed by atoms with van der Waals surface area (Å²) >= 11 is 0. The zero-order valence-corrected chi connectivity index (χ0v) is 11.8. The van der Waals surface area contributed by atoms with E-state index in [1.165, 1.54) is 0 Å². The van der Waals surface area contributed by atoms with Crippen molar-refractivity contribution in [2.24, 2.45) is 12.8 Å². The highest BCUT2D eigenvalue weighted by Gasteiger charge is 2.17. The second-order valence-corrected chi connectivity index (χ2v) is 4.86. The molecule has 4 heteroatoms. The number of aryl methyl sites for hydroxylation is 1. The maximum atomic E-state index is 12.6. The lowest BCUT2D eigenvalue weighted by molar-refractivity contribution is 0.0732. The Bertz CT molecular complexity index is 548. The van der Waals surface area contributed by atoms with Gasteiger partial charge in [0.25, 0.3) is 5.91 Å². The second kappa shape index (κ2) is 6.91. The smallest absolute Gasteiger partial charge is 0.270 e. The zero-order valence-electron chi connectivity index (χ0n) is 11.8. The molecule has 0 aliphatic heterocycles. The summed E-state index contributed by atoms with van der Waals surface area (Å²) < 4.78 is 1.85. The first-order chi connectivity index (χ1) is 9.72. The van der Waals surface area contributed by atoms with Gasteiger partial charge < -0.3 is 15.2 Å². The van der Waals surface area contributed by atoms with E-state index in [-0.39, 0.29) is 5.91 Å². The third-order valence-electron chi connectivity index (χ3n) is 3.30. The van der Waals surface area contributed by atoms with Gasteiger partial charge >= 0.3 is 0 Å². The van der Waals surface area contributed by atoms with E-state index in [9.17, 15) is 4.79 Å². The van der Waals surface area contributed by atoms with Gasteiger partial charge in [0.1, 0.15) is 5.69 Å². The molecule has 0 fully saturated rings. The predicted octanol–water partition coefficient (Wildman–Crippen LogP) is 2.02. The monoisotopic (exact) mass is 271 g/mol. The van der Waals surface area contributed by atoms with E-state index in [1.54, 1.807) is 0 Å². The summed E-state index contributed by atoms with van der Waals surface area (Å²) in [5.74, 6) is 0.0507. The summed E-state index contributed by atoms with van der Waals surface area (Å²) in [5, 5.41) is 0. The van der Waals surface area contributed by atoms with Crippen LogP contribution >= 0.6 is 0 Å². The lowest BCUT2D eigenvalue weighted by atomic mass is 10.2. The van der Waals surface area contributed by atoms with E-state index in [4.69, 9.17) is 5.73 Å². The maximum absolute atomic E-state index is 12.6. The fourth-order valence-electron chi connectivity index (χ4n) is 2.18. The molecule has 1 aromatic carbocycles. The highest BCUT2D eigenvalue weighted by molar-refractivity contribution is 5.92. The Balaban J connectivity index is 2.15. The average molecular weight is 271 g/mol. The molecule has 0 bridgehead atoms. The van der Waals surface area contributed by atoms with Crippen molar-refractivity contribution in [1.82, 2.24) is 9.47 Å². The Morgan fingerprint density at radius 1 is 1.20 bits per heavy atom. The van der Waals surface area contributed by atoms with Gasteiger partial charge in [-0.25, -0.2) is 0 Å². The minimum Gasteiger partial charge on any atom is -0.347 e. The maximum Gasteiger partial charge on any atom is 0.270 e. The van der Waals surface area contributed by atoms with Crippen LogP contribution in [-0.2, 0) is 13.6 Å².